The molecule has 9 heteroatoms. The van der Waals surface area contributed by atoms with Gasteiger partial charge in [-0.2, -0.15) is 0 Å². The van der Waals surface area contributed by atoms with Crippen LogP contribution >= 0.6 is 9.24 Å². The minimum Gasteiger partial charge on any atom is -0.374 e. The average molecular weight is 617 g/mol. The van der Waals surface area contributed by atoms with Crippen LogP contribution in [0.5, 0.6) is 0 Å². The molecule has 0 aliphatic heterocycles. The molecule has 3 unspecified atom stereocenters. The van der Waals surface area contributed by atoms with Gasteiger partial charge in [-0.05, 0) is 41.0 Å². The van der Waals surface area contributed by atoms with Gasteiger partial charge in [0.25, 0.3) is 0 Å². The third-order valence-electron chi connectivity index (χ3n) is 7.70. The highest BCUT2D eigenvalue weighted by atomic mass is 31.0. The Kier molecular flexibility index (Phi) is 9.86. The van der Waals surface area contributed by atoms with Crippen LogP contribution in [0.2, 0.25) is 0 Å². The molecule has 0 N–H and O–H groups in total. The third-order valence-corrected chi connectivity index (χ3v) is 8.07. The molecule has 0 aliphatic carbocycles. The summed E-state index contributed by atoms with van der Waals surface area (Å²) in [5.74, 6) is 1.58. The van der Waals surface area contributed by atoms with Gasteiger partial charge in [-0.25, -0.2) is 9.97 Å². The fourth-order valence-corrected chi connectivity index (χ4v) is 5.36. The van der Waals surface area contributed by atoms with E-state index in [2.05, 4.69) is 72.3 Å². The van der Waals surface area contributed by atoms with Crippen molar-refractivity contribution in [1.82, 2.24) is 19.1 Å². The van der Waals surface area contributed by atoms with E-state index in [1.807, 2.05) is 85.7 Å². The van der Waals surface area contributed by atoms with Crippen molar-refractivity contribution in [1.29, 1.82) is 0 Å². The molecule has 6 aromatic rings. The largest absolute Gasteiger partial charge is 0.374 e. The van der Waals surface area contributed by atoms with Crippen LogP contribution in [-0.2, 0) is 36.8 Å². The maximum absolute atomic E-state index is 6.16. The number of para-hydroxylation sites is 4. The predicted molar refractivity (Wildman–Crippen MR) is 185 cm³/mol. The van der Waals surface area contributed by atoms with Crippen LogP contribution < -0.4 is 0 Å². The highest BCUT2D eigenvalue weighted by Crippen LogP contribution is 2.20. The van der Waals surface area contributed by atoms with Crippen molar-refractivity contribution in [2.24, 2.45) is 24.1 Å². The van der Waals surface area contributed by atoms with Crippen molar-refractivity contribution >= 4 is 43.7 Å². The van der Waals surface area contributed by atoms with Crippen LogP contribution in [0.3, 0.4) is 0 Å². The van der Waals surface area contributed by atoms with E-state index in [0.717, 1.165) is 50.4 Å². The van der Waals surface area contributed by atoms with Crippen LogP contribution in [0.25, 0.3) is 22.1 Å². The van der Waals surface area contributed by atoms with E-state index < -0.39 is 0 Å². The molecule has 0 radical (unpaired) electrons. The summed E-state index contributed by atoms with van der Waals surface area (Å²) in [6.45, 7) is 1.96. The zero-order valence-corrected chi connectivity index (χ0v) is 26.7. The first-order chi connectivity index (χ1) is 22.0. The Morgan fingerprint density at radius 3 is 1.69 bits per heavy atom. The number of ether oxygens (including phenoxy) is 2. The monoisotopic (exact) mass is 616 g/mol. The highest BCUT2D eigenvalue weighted by molar-refractivity contribution is 7.17. The van der Waals surface area contributed by atoms with Gasteiger partial charge < -0.3 is 18.6 Å². The summed E-state index contributed by atoms with van der Waals surface area (Å²) in [5, 5.41) is 0. The fraction of sp³-hybridized carbons (Fsp3) is 0.222. The SMILES string of the molecule is Cn1c(C=NC(P)COCc2ccc(COCC(N=Cc3nc4ccccc4n3C)c3ccccc3)cc2)nc2ccccc21. The number of rotatable bonds is 13. The lowest BCUT2D eigenvalue weighted by atomic mass is 10.1. The lowest BCUT2D eigenvalue weighted by molar-refractivity contribution is 0.108. The number of aryl methyl sites for hydroxylation is 2. The maximum atomic E-state index is 6.16. The lowest BCUT2D eigenvalue weighted by Crippen LogP contribution is -2.08. The number of imidazole rings is 2. The van der Waals surface area contributed by atoms with Crippen molar-refractivity contribution in [3.63, 3.8) is 0 Å². The molecule has 0 saturated carbocycles. The molecule has 2 heterocycles. The van der Waals surface area contributed by atoms with Crippen molar-refractivity contribution in [3.05, 3.63) is 131 Å². The van der Waals surface area contributed by atoms with Crippen molar-refractivity contribution < 1.29 is 9.47 Å². The Morgan fingerprint density at radius 2 is 1.13 bits per heavy atom. The number of aromatic nitrogens is 4. The van der Waals surface area contributed by atoms with Crippen molar-refractivity contribution in [2.45, 2.75) is 25.0 Å². The number of nitrogens with zero attached hydrogens (tertiary/aromatic N) is 6. The minimum atomic E-state index is -0.141. The Bertz CT molecular complexity index is 1910. The van der Waals surface area contributed by atoms with Crippen molar-refractivity contribution in [2.75, 3.05) is 13.2 Å². The van der Waals surface area contributed by atoms with Crippen LogP contribution in [-0.4, -0.2) is 50.5 Å². The van der Waals surface area contributed by atoms with Crippen LogP contribution in [0.4, 0.5) is 0 Å². The Labute approximate surface area is 265 Å². The molecule has 0 spiro atoms. The average Bonchev–Trinajstić information content (AvgIpc) is 3.58. The predicted octanol–water partition coefficient (Wildman–Crippen LogP) is 6.67. The van der Waals surface area contributed by atoms with Gasteiger partial charge in [-0.15, -0.1) is 9.24 Å². The molecular formula is C36H37N6O2P. The second-order valence-electron chi connectivity index (χ2n) is 10.9. The Hall–Kier alpha value is -4.49. The molecule has 0 amide bonds. The molecule has 2 aromatic heterocycles. The van der Waals surface area contributed by atoms with Crippen LogP contribution in [0.15, 0.2) is 113 Å². The van der Waals surface area contributed by atoms with Gasteiger partial charge in [0.05, 0.1) is 72.7 Å². The summed E-state index contributed by atoms with van der Waals surface area (Å²) >= 11 is 0. The van der Waals surface area contributed by atoms with Crippen LogP contribution in [0.1, 0.15) is 34.4 Å². The van der Waals surface area contributed by atoms with E-state index in [0.29, 0.717) is 26.4 Å². The quantitative estimate of drug-likeness (QED) is 0.107. The summed E-state index contributed by atoms with van der Waals surface area (Å²) in [6.07, 6.45) is 3.66. The lowest BCUT2D eigenvalue weighted by Gasteiger charge is -2.14. The van der Waals surface area contributed by atoms with E-state index in [4.69, 9.17) is 19.5 Å². The molecule has 4 aromatic carbocycles. The van der Waals surface area contributed by atoms with E-state index in [-0.39, 0.29) is 11.8 Å². The number of benzene rings is 4. The molecule has 0 aliphatic rings. The molecular weight excluding hydrogens is 579 g/mol. The molecule has 3 atom stereocenters. The smallest absolute Gasteiger partial charge is 0.151 e. The minimum absolute atomic E-state index is 0.0610. The van der Waals surface area contributed by atoms with Crippen molar-refractivity contribution in [3.8, 4) is 0 Å². The first-order valence-electron chi connectivity index (χ1n) is 15.0. The van der Waals surface area contributed by atoms with E-state index in [9.17, 15) is 0 Å². The standard InChI is InChI=1S/C36H37N6O2P/c1-41-32-14-8-6-12-29(32)39-34(41)20-37-31(28-10-4-3-5-11-28)24-43-22-26-16-18-27(19-17-26)23-44-25-36(45)38-21-35-40-30-13-7-9-15-33(30)42(35)2/h3-21,31,36H,22-25,45H2,1-2H3. The summed E-state index contributed by atoms with van der Waals surface area (Å²) in [7, 11) is 6.74. The maximum Gasteiger partial charge on any atom is 0.151 e. The van der Waals surface area contributed by atoms with Gasteiger partial charge in [-0.3, -0.25) is 9.98 Å². The fourth-order valence-electron chi connectivity index (χ4n) is 5.14. The molecule has 228 valence electrons. The van der Waals surface area contributed by atoms with E-state index >= 15 is 0 Å². The van der Waals surface area contributed by atoms with Gasteiger partial charge >= 0.3 is 0 Å². The van der Waals surface area contributed by atoms with Gasteiger partial charge in [0, 0.05) is 14.1 Å². The third kappa shape index (κ3) is 7.60. The number of hydrogen-bond acceptors (Lipinski definition) is 6. The van der Waals surface area contributed by atoms with Crippen LogP contribution in [0, 0.1) is 0 Å². The summed E-state index contributed by atoms with van der Waals surface area (Å²) < 4.78 is 16.2. The highest BCUT2D eigenvalue weighted by Gasteiger charge is 2.12. The molecule has 8 nitrogen and oxygen atoms in total. The molecule has 6 rings (SSSR count). The molecule has 0 fully saturated rings. The molecule has 45 heavy (non-hydrogen) atoms. The van der Waals surface area contributed by atoms with Gasteiger partial charge in [0.1, 0.15) is 0 Å². The first-order valence-corrected chi connectivity index (χ1v) is 15.6. The zero-order chi connectivity index (χ0) is 31.0. The Morgan fingerprint density at radius 1 is 0.644 bits per heavy atom. The number of hydrogen-bond donors (Lipinski definition) is 0. The first kappa shape index (κ1) is 30.5. The second-order valence-corrected chi connectivity index (χ2v) is 11.7. The number of aliphatic imine (C=N–C) groups is 2. The van der Waals surface area contributed by atoms with Gasteiger partial charge in [0.15, 0.2) is 11.6 Å². The summed E-state index contributed by atoms with van der Waals surface area (Å²) in [6, 6.07) is 34.6. The normalized spacial score (nSPS) is 13.4. The molecule has 0 saturated heterocycles. The summed E-state index contributed by atoms with van der Waals surface area (Å²) in [5.41, 5.74) is 7.39. The second kappa shape index (κ2) is 14.5. The zero-order valence-electron chi connectivity index (χ0n) is 25.5. The topological polar surface area (TPSA) is 78.8 Å². The Balaban J connectivity index is 0.989. The van der Waals surface area contributed by atoms with Gasteiger partial charge in [-0.1, -0.05) is 78.9 Å². The van der Waals surface area contributed by atoms with E-state index in [1.165, 1.54) is 0 Å². The van der Waals surface area contributed by atoms with Gasteiger partial charge in [0.2, 0.25) is 0 Å². The summed E-state index contributed by atoms with van der Waals surface area (Å²) in [4.78, 5) is 18.9. The number of fused-ring (bicyclic) bond motifs is 2. The van der Waals surface area contributed by atoms with E-state index in [1.54, 1.807) is 0 Å². The molecule has 0 bridgehead atoms.